The predicted molar refractivity (Wildman–Crippen MR) is 66.1 cm³/mol. The maximum atomic E-state index is 10.8. The molecule has 2 aliphatic rings. The highest BCUT2D eigenvalue weighted by molar-refractivity contribution is 6.33. The Hall–Kier alpha value is -1.33. The molecule has 5 nitrogen and oxygen atoms in total. The Kier molecular flexibility index (Phi) is 2.87. The van der Waals surface area contributed by atoms with Crippen molar-refractivity contribution in [2.75, 3.05) is 11.9 Å². The van der Waals surface area contributed by atoms with Gasteiger partial charge >= 0.3 is 5.97 Å². The molecule has 2 fully saturated rings. The van der Waals surface area contributed by atoms with Gasteiger partial charge in [-0.05, 0) is 18.9 Å². The van der Waals surface area contributed by atoms with Crippen LogP contribution in [0.25, 0.3) is 0 Å². The molecule has 2 N–H and O–H groups in total. The lowest BCUT2D eigenvalue weighted by atomic mass is 9.76. The first-order valence-electron chi connectivity index (χ1n) is 5.92. The molecule has 0 unspecified atom stereocenters. The van der Waals surface area contributed by atoms with E-state index in [1.165, 1.54) is 12.3 Å². The van der Waals surface area contributed by atoms with Gasteiger partial charge in [-0.2, -0.15) is 0 Å². The van der Waals surface area contributed by atoms with E-state index >= 15 is 0 Å². The molecule has 1 saturated heterocycles. The zero-order valence-electron chi connectivity index (χ0n) is 9.60. The molecule has 6 heteroatoms. The minimum Gasteiger partial charge on any atom is -0.478 e. The fourth-order valence-electron chi connectivity index (χ4n) is 2.60. The molecule has 18 heavy (non-hydrogen) atoms. The number of aromatic carboxylic acids is 1. The molecule has 1 aliphatic heterocycles. The Morgan fingerprint density at radius 3 is 3.11 bits per heavy atom. The van der Waals surface area contributed by atoms with Crippen molar-refractivity contribution in [2.24, 2.45) is 5.92 Å². The van der Waals surface area contributed by atoms with Gasteiger partial charge in [-0.3, -0.25) is 0 Å². The maximum Gasteiger partial charge on any atom is 0.337 e. The normalized spacial score (nSPS) is 29.5. The van der Waals surface area contributed by atoms with E-state index in [4.69, 9.17) is 21.4 Å². The van der Waals surface area contributed by atoms with E-state index in [1.54, 1.807) is 0 Å². The first-order valence-corrected chi connectivity index (χ1v) is 6.30. The molecule has 0 spiro atoms. The standard InChI is InChI=1S/C12H13ClN2O3/c13-8-3-6(12(16)17)5-14-11(8)15-9-4-10-7(9)1-2-18-10/h3,5,7,9-10H,1-2,4H2,(H,14,15)(H,16,17)/t7-,9+,10+/m0/s1. The number of aromatic nitrogens is 1. The number of hydrogen-bond donors (Lipinski definition) is 2. The summed E-state index contributed by atoms with van der Waals surface area (Å²) in [5.74, 6) is 0.0582. The van der Waals surface area contributed by atoms with Gasteiger partial charge in [0.15, 0.2) is 0 Å². The van der Waals surface area contributed by atoms with Crippen LogP contribution in [0.5, 0.6) is 0 Å². The Morgan fingerprint density at radius 2 is 2.44 bits per heavy atom. The molecule has 96 valence electrons. The van der Waals surface area contributed by atoms with Crippen LogP contribution in [0.4, 0.5) is 5.82 Å². The molecule has 1 saturated carbocycles. The number of carbonyl (C=O) groups is 1. The Balaban J connectivity index is 1.71. The van der Waals surface area contributed by atoms with Crippen molar-refractivity contribution in [2.45, 2.75) is 25.0 Å². The van der Waals surface area contributed by atoms with E-state index in [-0.39, 0.29) is 5.56 Å². The van der Waals surface area contributed by atoms with E-state index < -0.39 is 5.97 Å². The van der Waals surface area contributed by atoms with Crippen LogP contribution in [-0.4, -0.2) is 34.8 Å². The lowest BCUT2D eigenvalue weighted by molar-refractivity contribution is 0.0246. The van der Waals surface area contributed by atoms with Crippen molar-refractivity contribution in [1.82, 2.24) is 4.98 Å². The van der Waals surface area contributed by atoms with Gasteiger partial charge in [0.1, 0.15) is 5.82 Å². The lowest BCUT2D eigenvalue weighted by Gasteiger charge is -2.39. The number of nitrogens with zero attached hydrogens (tertiary/aromatic N) is 1. The van der Waals surface area contributed by atoms with E-state index in [9.17, 15) is 4.79 Å². The lowest BCUT2D eigenvalue weighted by Crippen LogP contribution is -2.47. The summed E-state index contributed by atoms with van der Waals surface area (Å²) in [7, 11) is 0. The van der Waals surface area contributed by atoms with Crippen molar-refractivity contribution in [3.05, 3.63) is 22.8 Å². The molecule has 1 aromatic rings. The summed E-state index contributed by atoms with van der Waals surface area (Å²) in [6.45, 7) is 0.826. The van der Waals surface area contributed by atoms with Gasteiger partial charge in [-0.15, -0.1) is 0 Å². The largest absolute Gasteiger partial charge is 0.478 e. The monoisotopic (exact) mass is 268 g/mol. The second-order valence-electron chi connectivity index (χ2n) is 4.71. The summed E-state index contributed by atoms with van der Waals surface area (Å²) in [6, 6.07) is 1.75. The third-order valence-corrected chi connectivity index (χ3v) is 3.96. The number of pyridine rings is 1. The molecule has 2 heterocycles. The average molecular weight is 269 g/mol. The van der Waals surface area contributed by atoms with Crippen molar-refractivity contribution in [3.63, 3.8) is 0 Å². The molecule has 0 bridgehead atoms. The molecular formula is C12H13ClN2O3. The van der Waals surface area contributed by atoms with Gasteiger partial charge in [0, 0.05) is 24.8 Å². The van der Waals surface area contributed by atoms with E-state index in [0.717, 1.165) is 19.4 Å². The van der Waals surface area contributed by atoms with Gasteiger partial charge in [0.05, 0.1) is 16.7 Å². The number of carboxylic acids is 1. The van der Waals surface area contributed by atoms with Crippen LogP contribution in [0.1, 0.15) is 23.2 Å². The summed E-state index contributed by atoms with van der Waals surface area (Å²) in [5.41, 5.74) is 0.0984. The topological polar surface area (TPSA) is 71.5 Å². The smallest absolute Gasteiger partial charge is 0.337 e. The Morgan fingerprint density at radius 1 is 1.61 bits per heavy atom. The summed E-state index contributed by atoms with van der Waals surface area (Å²) in [6.07, 6.45) is 3.72. The SMILES string of the molecule is O=C(O)c1cnc(N[C@@H]2C[C@H]3OCC[C@@H]23)c(Cl)c1. The van der Waals surface area contributed by atoms with Crippen LogP contribution < -0.4 is 5.32 Å². The highest BCUT2D eigenvalue weighted by atomic mass is 35.5. The van der Waals surface area contributed by atoms with Gasteiger partial charge in [0.25, 0.3) is 0 Å². The minimum atomic E-state index is -1.02. The van der Waals surface area contributed by atoms with Crippen LogP contribution in [0.2, 0.25) is 5.02 Å². The van der Waals surface area contributed by atoms with Crippen molar-refractivity contribution in [1.29, 1.82) is 0 Å². The van der Waals surface area contributed by atoms with Crippen LogP contribution in [0, 0.1) is 5.92 Å². The van der Waals surface area contributed by atoms with E-state index in [2.05, 4.69) is 10.3 Å². The molecule has 1 aliphatic carbocycles. The summed E-state index contributed by atoms with van der Waals surface area (Å²) in [4.78, 5) is 14.8. The number of fused-ring (bicyclic) bond motifs is 1. The predicted octanol–water partition coefficient (Wildman–Crippen LogP) is 2.02. The van der Waals surface area contributed by atoms with Crippen LogP contribution >= 0.6 is 11.6 Å². The fourth-order valence-corrected chi connectivity index (χ4v) is 2.82. The van der Waals surface area contributed by atoms with Gasteiger partial charge < -0.3 is 15.2 Å². The molecule has 1 aromatic heterocycles. The number of hydrogen-bond acceptors (Lipinski definition) is 4. The van der Waals surface area contributed by atoms with Crippen molar-refractivity contribution >= 4 is 23.4 Å². The summed E-state index contributed by atoms with van der Waals surface area (Å²) >= 11 is 6.02. The zero-order valence-corrected chi connectivity index (χ0v) is 10.4. The summed E-state index contributed by atoms with van der Waals surface area (Å²) in [5, 5.41) is 12.4. The highest BCUT2D eigenvalue weighted by Crippen LogP contribution is 2.40. The quantitative estimate of drug-likeness (QED) is 0.878. The van der Waals surface area contributed by atoms with Gasteiger partial charge in [-0.1, -0.05) is 11.6 Å². The highest BCUT2D eigenvalue weighted by Gasteiger charge is 2.45. The second-order valence-corrected chi connectivity index (χ2v) is 5.12. The van der Waals surface area contributed by atoms with Crippen molar-refractivity contribution in [3.8, 4) is 0 Å². The van der Waals surface area contributed by atoms with Crippen LogP contribution in [0.3, 0.4) is 0 Å². The molecule has 0 aromatic carbocycles. The van der Waals surface area contributed by atoms with E-state index in [1.807, 2.05) is 0 Å². The number of nitrogens with one attached hydrogen (secondary N) is 1. The van der Waals surface area contributed by atoms with Crippen LogP contribution in [-0.2, 0) is 4.74 Å². The first kappa shape index (κ1) is 11.7. The maximum absolute atomic E-state index is 10.8. The molecular weight excluding hydrogens is 256 g/mol. The first-order chi connectivity index (χ1) is 8.65. The minimum absolute atomic E-state index is 0.0984. The Labute approximate surface area is 109 Å². The number of anilines is 1. The number of rotatable bonds is 3. The van der Waals surface area contributed by atoms with Crippen molar-refractivity contribution < 1.29 is 14.6 Å². The molecule has 0 radical (unpaired) electrons. The van der Waals surface area contributed by atoms with Gasteiger partial charge in [0.2, 0.25) is 0 Å². The second kappa shape index (κ2) is 4.40. The number of carboxylic acid groups (broad SMARTS) is 1. The van der Waals surface area contributed by atoms with Crippen LogP contribution in [0.15, 0.2) is 12.3 Å². The van der Waals surface area contributed by atoms with E-state index in [0.29, 0.717) is 28.9 Å². The van der Waals surface area contributed by atoms with Gasteiger partial charge in [-0.25, -0.2) is 9.78 Å². The molecule has 0 amide bonds. The average Bonchev–Trinajstić information content (AvgIpc) is 2.69. The number of halogens is 1. The summed E-state index contributed by atoms with van der Waals surface area (Å²) < 4.78 is 5.53. The zero-order chi connectivity index (χ0) is 12.7. The fraction of sp³-hybridized carbons (Fsp3) is 0.500. The molecule has 3 rings (SSSR count). The molecule has 3 atom stereocenters. The Bertz CT molecular complexity index is 494. The third kappa shape index (κ3) is 1.93. The third-order valence-electron chi connectivity index (χ3n) is 3.67. The number of ether oxygens (including phenoxy) is 1.